The van der Waals surface area contributed by atoms with E-state index in [0.717, 1.165) is 18.7 Å². The van der Waals surface area contributed by atoms with Gasteiger partial charge in [0.05, 0.1) is 20.3 Å². The molecular weight excluding hydrogens is 337 g/mol. The molecule has 4 rings (SSSR count). The maximum atomic E-state index is 14.5. The highest BCUT2D eigenvalue weighted by Crippen LogP contribution is 2.39. The van der Waals surface area contributed by atoms with Gasteiger partial charge in [0, 0.05) is 17.5 Å². The molecule has 8 heteroatoms. The predicted octanol–water partition coefficient (Wildman–Crippen LogP) is 3.33. The number of fused-ring (bicyclic) bond motifs is 1. The zero-order valence-electron chi connectivity index (χ0n) is 14.9. The van der Waals surface area contributed by atoms with Gasteiger partial charge in [0.2, 0.25) is 0 Å². The minimum atomic E-state index is -0.369. The predicted molar refractivity (Wildman–Crippen MR) is 94.3 cm³/mol. The lowest BCUT2D eigenvalue weighted by atomic mass is 10.1. The zero-order valence-corrected chi connectivity index (χ0v) is 14.9. The molecule has 26 heavy (non-hydrogen) atoms. The Bertz CT molecular complexity index is 954. The van der Waals surface area contributed by atoms with E-state index in [2.05, 4.69) is 20.6 Å². The molecule has 0 radical (unpaired) electrons. The number of ether oxygens (including phenoxy) is 2. The molecule has 1 fully saturated rings. The van der Waals surface area contributed by atoms with Crippen LogP contribution in [0.3, 0.4) is 0 Å². The molecule has 0 amide bonds. The molecule has 1 N–H and O–H groups in total. The number of aromatic nitrogens is 4. The number of benzene rings is 1. The quantitative estimate of drug-likeness (QED) is 0.729. The lowest BCUT2D eigenvalue weighted by Crippen LogP contribution is -2.12. The van der Waals surface area contributed by atoms with Gasteiger partial charge in [0.15, 0.2) is 23.0 Å². The summed E-state index contributed by atoms with van der Waals surface area (Å²) in [4.78, 5) is 0. The van der Waals surface area contributed by atoms with E-state index in [1.54, 1.807) is 10.6 Å². The highest BCUT2D eigenvalue weighted by Gasteiger charge is 2.29. The second-order valence-corrected chi connectivity index (χ2v) is 6.42. The number of methoxy groups -OCH3 is 2. The number of rotatable bonds is 6. The number of nitrogens with zero attached hydrogens (tertiary/aromatic N) is 4. The minimum Gasteiger partial charge on any atom is -0.493 e. The van der Waals surface area contributed by atoms with Crippen LogP contribution in [0.15, 0.2) is 24.3 Å². The maximum absolute atomic E-state index is 14.5. The molecule has 2 aromatic heterocycles. The van der Waals surface area contributed by atoms with Crippen molar-refractivity contribution >= 4 is 11.5 Å². The largest absolute Gasteiger partial charge is 0.493 e. The van der Waals surface area contributed by atoms with Crippen molar-refractivity contribution in [2.45, 2.75) is 31.7 Å². The number of hydrogen-bond acceptors (Lipinski definition) is 6. The van der Waals surface area contributed by atoms with Gasteiger partial charge in [0.25, 0.3) is 0 Å². The van der Waals surface area contributed by atoms with E-state index in [9.17, 15) is 4.39 Å². The second kappa shape index (κ2) is 6.44. The summed E-state index contributed by atoms with van der Waals surface area (Å²) in [5, 5.41) is 16.2. The number of halogens is 1. The van der Waals surface area contributed by atoms with Gasteiger partial charge in [-0.15, -0.1) is 15.3 Å². The second-order valence-electron chi connectivity index (χ2n) is 6.42. The standard InChI is InChI=1S/C18H20FN5O2/c1-10(12-8-14(25-2)15(26-3)9-13(12)19)20-16-6-7-17-21-22-18(11-4-5-11)24(17)23-16/h6-11H,4-5H2,1-3H3,(H,20,23). The SMILES string of the molecule is COc1cc(F)c(C(C)Nc2ccc3nnc(C4CC4)n3n2)cc1OC. The molecule has 2 heterocycles. The van der Waals surface area contributed by atoms with Crippen molar-refractivity contribution in [3.63, 3.8) is 0 Å². The fourth-order valence-electron chi connectivity index (χ4n) is 2.98. The molecule has 0 bridgehead atoms. The molecule has 1 aliphatic carbocycles. The first-order chi connectivity index (χ1) is 12.6. The van der Waals surface area contributed by atoms with Crippen LogP contribution in [0.5, 0.6) is 11.5 Å². The molecule has 1 saturated carbocycles. The molecule has 3 aromatic rings. The van der Waals surface area contributed by atoms with Crippen molar-refractivity contribution in [2.75, 3.05) is 19.5 Å². The molecule has 136 valence electrons. The third-order valence-corrected chi connectivity index (χ3v) is 4.56. The Kier molecular flexibility index (Phi) is 4.10. The van der Waals surface area contributed by atoms with Gasteiger partial charge < -0.3 is 14.8 Å². The normalized spacial score (nSPS) is 15.1. The lowest BCUT2D eigenvalue weighted by molar-refractivity contribution is 0.351. The Balaban J connectivity index is 1.62. The summed E-state index contributed by atoms with van der Waals surface area (Å²) in [6.07, 6.45) is 2.24. The van der Waals surface area contributed by atoms with Crippen LogP contribution in [0.2, 0.25) is 0 Å². The topological polar surface area (TPSA) is 73.6 Å². The van der Waals surface area contributed by atoms with Crippen LogP contribution in [0.25, 0.3) is 5.65 Å². The summed E-state index contributed by atoms with van der Waals surface area (Å²) in [5.41, 5.74) is 1.18. The molecule has 0 saturated heterocycles. The van der Waals surface area contributed by atoms with Crippen LogP contribution >= 0.6 is 0 Å². The van der Waals surface area contributed by atoms with Gasteiger partial charge in [-0.25, -0.2) is 4.39 Å². The molecule has 1 aromatic carbocycles. The summed E-state index contributed by atoms with van der Waals surface area (Å²) in [6.45, 7) is 1.87. The molecule has 0 spiro atoms. The molecule has 0 aliphatic heterocycles. The summed E-state index contributed by atoms with van der Waals surface area (Å²) < 4.78 is 26.6. The summed E-state index contributed by atoms with van der Waals surface area (Å²) in [6, 6.07) is 6.31. The molecule has 1 unspecified atom stereocenters. The van der Waals surface area contributed by atoms with Crippen LogP contribution in [0, 0.1) is 5.82 Å². The lowest BCUT2D eigenvalue weighted by Gasteiger charge is -2.18. The monoisotopic (exact) mass is 357 g/mol. The number of anilines is 1. The number of hydrogen-bond donors (Lipinski definition) is 1. The van der Waals surface area contributed by atoms with Crippen molar-refractivity contribution in [1.82, 2.24) is 19.8 Å². The summed E-state index contributed by atoms with van der Waals surface area (Å²) in [7, 11) is 3.01. The molecular formula is C18H20FN5O2. The highest BCUT2D eigenvalue weighted by atomic mass is 19.1. The van der Waals surface area contributed by atoms with Crippen molar-refractivity contribution in [1.29, 1.82) is 0 Å². The molecule has 1 aliphatic rings. The smallest absolute Gasteiger partial charge is 0.178 e. The van der Waals surface area contributed by atoms with E-state index in [0.29, 0.717) is 34.4 Å². The Morgan fingerprint density at radius 1 is 1.15 bits per heavy atom. The Morgan fingerprint density at radius 2 is 1.88 bits per heavy atom. The highest BCUT2D eigenvalue weighted by molar-refractivity contribution is 5.49. The zero-order chi connectivity index (χ0) is 18.3. The van der Waals surface area contributed by atoms with E-state index in [-0.39, 0.29) is 11.9 Å². The van der Waals surface area contributed by atoms with E-state index in [1.165, 1.54) is 20.3 Å². The Labute approximate surface area is 150 Å². The van der Waals surface area contributed by atoms with Crippen molar-refractivity contribution < 1.29 is 13.9 Å². The van der Waals surface area contributed by atoms with Crippen molar-refractivity contribution in [2.24, 2.45) is 0 Å². The van der Waals surface area contributed by atoms with E-state index >= 15 is 0 Å². The summed E-state index contributed by atoms with van der Waals surface area (Å²) in [5.74, 6) is 2.42. The molecule has 7 nitrogen and oxygen atoms in total. The van der Waals surface area contributed by atoms with Crippen molar-refractivity contribution in [3.8, 4) is 11.5 Å². The van der Waals surface area contributed by atoms with E-state index < -0.39 is 0 Å². The third kappa shape index (κ3) is 2.91. The van der Waals surface area contributed by atoms with Gasteiger partial charge in [-0.05, 0) is 38.0 Å². The number of nitrogens with one attached hydrogen (secondary N) is 1. The van der Waals surface area contributed by atoms with Crippen LogP contribution in [0.1, 0.15) is 43.1 Å². The first-order valence-corrected chi connectivity index (χ1v) is 8.51. The van der Waals surface area contributed by atoms with Crippen LogP contribution in [-0.2, 0) is 0 Å². The van der Waals surface area contributed by atoms with Crippen molar-refractivity contribution in [3.05, 3.63) is 41.5 Å². The minimum absolute atomic E-state index is 0.319. The molecule has 1 atom stereocenters. The van der Waals surface area contributed by atoms with E-state index in [1.807, 2.05) is 19.1 Å². The van der Waals surface area contributed by atoms with Gasteiger partial charge >= 0.3 is 0 Å². The van der Waals surface area contributed by atoms with Crippen LogP contribution in [0.4, 0.5) is 10.2 Å². The van der Waals surface area contributed by atoms with E-state index in [4.69, 9.17) is 9.47 Å². The Hall–Kier alpha value is -2.90. The first-order valence-electron chi connectivity index (χ1n) is 8.51. The Morgan fingerprint density at radius 3 is 2.58 bits per heavy atom. The van der Waals surface area contributed by atoms with Gasteiger partial charge in [-0.1, -0.05) is 0 Å². The van der Waals surface area contributed by atoms with Crippen LogP contribution < -0.4 is 14.8 Å². The fourth-order valence-corrected chi connectivity index (χ4v) is 2.98. The average molecular weight is 357 g/mol. The van der Waals surface area contributed by atoms with Gasteiger partial charge in [-0.2, -0.15) is 4.52 Å². The third-order valence-electron chi connectivity index (χ3n) is 4.56. The van der Waals surface area contributed by atoms with Gasteiger partial charge in [0.1, 0.15) is 11.6 Å². The summed E-state index contributed by atoms with van der Waals surface area (Å²) >= 11 is 0. The van der Waals surface area contributed by atoms with Gasteiger partial charge in [-0.3, -0.25) is 0 Å². The fraction of sp³-hybridized carbons (Fsp3) is 0.389. The van der Waals surface area contributed by atoms with Crippen LogP contribution in [-0.4, -0.2) is 34.0 Å². The first kappa shape index (κ1) is 16.6. The average Bonchev–Trinajstić information content (AvgIpc) is 3.40. The maximum Gasteiger partial charge on any atom is 0.178 e.